The van der Waals surface area contributed by atoms with Crippen molar-refractivity contribution in [1.82, 2.24) is 4.90 Å². The summed E-state index contributed by atoms with van der Waals surface area (Å²) in [6, 6.07) is 28.4. The zero-order chi connectivity index (χ0) is 20.9. The molecule has 4 nitrogen and oxygen atoms in total. The third-order valence-corrected chi connectivity index (χ3v) is 7.43. The number of benzene rings is 3. The minimum absolute atomic E-state index is 0.00283. The second-order valence-electron chi connectivity index (χ2n) is 7.27. The fraction of sp³-hybridized carbons (Fsp3) is 0.200. The lowest BCUT2D eigenvalue weighted by atomic mass is 10.1. The molecule has 0 aromatic heterocycles. The van der Waals surface area contributed by atoms with Crippen LogP contribution in [0.2, 0.25) is 0 Å². The number of cyclic esters (lactones) is 1. The Morgan fingerprint density at radius 2 is 1.43 bits per heavy atom. The van der Waals surface area contributed by atoms with Crippen molar-refractivity contribution in [1.29, 1.82) is 0 Å². The van der Waals surface area contributed by atoms with Gasteiger partial charge in [-0.25, -0.2) is 0 Å². The number of hydrogen-bond donors (Lipinski definition) is 0. The molecule has 0 aliphatic carbocycles. The maximum absolute atomic E-state index is 12.7. The van der Waals surface area contributed by atoms with E-state index in [1.807, 2.05) is 36.4 Å². The highest BCUT2D eigenvalue weighted by molar-refractivity contribution is 7.97. The molecule has 0 spiro atoms. The summed E-state index contributed by atoms with van der Waals surface area (Å²) in [4.78, 5) is 29.9. The number of carbonyl (C=O) groups excluding carboxylic acids is 2. The molecule has 0 radical (unpaired) electrons. The van der Waals surface area contributed by atoms with Gasteiger partial charge in [-0.1, -0.05) is 36.4 Å². The molecule has 3 aromatic rings. The molecular formula is C25H24NO3S+. The van der Waals surface area contributed by atoms with E-state index in [1.165, 1.54) is 9.79 Å². The Hall–Kier alpha value is -2.89. The van der Waals surface area contributed by atoms with Gasteiger partial charge in [-0.15, -0.1) is 0 Å². The molecule has 5 heteroatoms. The molecule has 0 bridgehead atoms. The van der Waals surface area contributed by atoms with Crippen molar-refractivity contribution in [2.75, 3.05) is 20.2 Å². The molecule has 0 amide bonds. The van der Waals surface area contributed by atoms with Crippen LogP contribution in [-0.4, -0.2) is 42.9 Å². The van der Waals surface area contributed by atoms with Gasteiger partial charge in [0.2, 0.25) is 0 Å². The maximum atomic E-state index is 12.7. The zero-order valence-electron chi connectivity index (χ0n) is 16.9. The van der Waals surface area contributed by atoms with E-state index in [1.54, 1.807) is 11.9 Å². The summed E-state index contributed by atoms with van der Waals surface area (Å²) < 4.78 is 5.01. The van der Waals surface area contributed by atoms with Crippen molar-refractivity contribution >= 4 is 22.6 Å². The summed E-state index contributed by atoms with van der Waals surface area (Å²) in [5.41, 5.74) is 0.654. The third-order valence-electron chi connectivity index (χ3n) is 5.20. The van der Waals surface area contributed by atoms with Crippen LogP contribution in [0.25, 0.3) is 0 Å². The number of likely N-dealkylation sites (N-methyl/N-ethyl adjacent to an activating group) is 1. The average Bonchev–Trinajstić information content (AvgIpc) is 3.22. The first-order chi connectivity index (χ1) is 14.6. The Labute approximate surface area is 179 Å². The van der Waals surface area contributed by atoms with Crippen molar-refractivity contribution in [2.45, 2.75) is 27.1 Å². The molecule has 0 saturated carbocycles. The van der Waals surface area contributed by atoms with E-state index in [0.717, 1.165) is 4.90 Å². The predicted molar refractivity (Wildman–Crippen MR) is 118 cm³/mol. The largest absolute Gasteiger partial charge is 0.464 e. The van der Waals surface area contributed by atoms with Crippen molar-refractivity contribution in [3.8, 4) is 0 Å². The average molecular weight is 419 g/mol. The second-order valence-corrected chi connectivity index (χ2v) is 9.29. The summed E-state index contributed by atoms with van der Waals surface area (Å²) in [6.45, 7) is 0.625. The van der Waals surface area contributed by atoms with Crippen LogP contribution in [0.1, 0.15) is 16.8 Å². The van der Waals surface area contributed by atoms with Gasteiger partial charge in [0.15, 0.2) is 20.5 Å². The van der Waals surface area contributed by atoms with Gasteiger partial charge in [-0.05, 0) is 55.6 Å². The maximum Gasteiger partial charge on any atom is 0.323 e. The number of ether oxygens (including phenoxy) is 1. The van der Waals surface area contributed by atoms with Gasteiger partial charge in [0.05, 0.1) is 24.0 Å². The molecule has 1 heterocycles. The Balaban J connectivity index is 1.55. The quantitative estimate of drug-likeness (QED) is 0.328. The van der Waals surface area contributed by atoms with Crippen molar-refractivity contribution in [2.24, 2.45) is 0 Å². The normalized spacial score (nSPS) is 16.1. The summed E-state index contributed by atoms with van der Waals surface area (Å²) in [6.07, 6.45) is 0.637. The molecule has 1 aliphatic heterocycles. The zero-order valence-corrected chi connectivity index (χ0v) is 17.7. The van der Waals surface area contributed by atoms with Crippen LogP contribution in [0.5, 0.6) is 0 Å². The molecule has 1 fully saturated rings. The highest BCUT2D eigenvalue weighted by Crippen LogP contribution is 2.31. The van der Waals surface area contributed by atoms with Gasteiger partial charge in [0.25, 0.3) is 0 Å². The Morgan fingerprint density at radius 3 is 1.93 bits per heavy atom. The van der Waals surface area contributed by atoms with Gasteiger partial charge >= 0.3 is 5.97 Å². The summed E-state index contributed by atoms with van der Waals surface area (Å²) in [5, 5.41) is 0. The smallest absolute Gasteiger partial charge is 0.323 e. The van der Waals surface area contributed by atoms with Crippen LogP contribution in [-0.2, 0) is 20.4 Å². The number of esters is 1. The molecule has 1 aliphatic rings. The van der Waals surface area contributed by atoms with Gasteiger partial charge in [0.1, 0.15) is 6.04 Å². The molecule has 4 rings (SSSR count). The lowest BCUT2D eigenvalue weighted by Gasteiger charge is -2.19. The van der Waals surface area contributed by atoms with E-state index in [-0.39, 0.29) is 35.2 Å². The predicted octanol–water partition coefficient (Wildman–Crippen LogP) is 4.21. The first-order valence-corrected chi connectivity index (χ1v) is 11.2. The van der Waals surface area contributed by atoms with E-state index in [0.29, 0.717) is 18.6 Å². The van der Waals surface area contributed by atoms with Crippen LogP contribution in [0.4, 0.5) is 0 Å². The van der Waals surface area contributed by atoms with Crippen LogP contribution < -0.4 is 0 Å². The first-order valence-electron chi connectivity index (χ1n) is 9.98. The minimum atomic E-state index is -0.324. The number of carbonyl (C=O) groups is 2. The lowest BCUT2D eigenvalue weighted by molar-refractivity contribution is -0.141. The van der Waals surface area contributed by atoms with Crippen molar-refractivity contribution < 1.29 is 14.3 Å². The fourth-order valence-electron chi connectivity index (χ4n) is 3.61. The van der Waals surface area contributed by atoms with Crippen LogP contribution >= 0.6 is 0 Å². The highest BCUT2D eigenvalue weighted by Gasteiger charge is 2.32. The number of ketones is 1. The van der Waals surface area contributed by atoms with E-state index < -0.39 is 0 Å². The van der Waals surface area contributed by atoms with Gasteiger partial charge in [0, 0.05) is 12.0 Å². The molecule has 1 saturated heterocycles. The monoisotopic (exact) mass is 418 g/mol. The molecule has 3 aromatic carbocycles. The number of rotatable bonds is 7. The van der Waals surface area contributed by atoms with E-state index in [2.05, 4.69) is 48.5 Å². The number of Topliss-reactive ketones (excluding diaryl/α,β-unsaturated/α-hetero) is 1. The lowest BCUT2D eigenvalue weighted by Crippen LogP contribution is -2.38. The van der Waals surface area contributed by atoms with Gasteiger partial charge in [-0.3, -0.25) is 14.5 Å². The summed E-state index contributed by atoms with van der Waals surface area (Å²) in [5.74, 6) is -0.238. The van der Waals surface area contributed by atoms with Crippen LogP contribution in [0.15, 0.2) is 99.6 Å². The SMILES string of the molecule is CN(CC(=O)c1ccc([S+](c2ccccc2)c2ccccc2)cc1)C1CCOC1=O. The van der Waals surface area contributed by atoms with E-state index >= 15 is 0 Å². The molecule has 152 valence electrons. The molecule has 0 N–H and O–H groups in total. The minimum Gasteiger partial charge on any atom is -0.464 e. The standard InChI is InChI=1S/C25H24NO3S/c1-26(23-16-17-29-25(23)28)18-24(27)19-12-14-22(15-13-19)30(20-8-4-2-5-9-20)21-10-6-3-7-11-21/h2-15,23H,16-18H2,1H3/q+1. The first kappa shape index (κ1) is 20.4. The summed E-state index contributed by atoms with van der Waals surface area (Å²) >= 11 is 0. The molecule has 1 atom stereocenters. The topological polar surface area (TPSA) is 46.6 Å². The second kappa shape index (κ2) is 9.28. The van der Waals surface area contributed by atoms with Crippen LogP contribution in [0.3, 0.4) is 0 Å². The van der Waals surface area contributed by atoms with E-state index in [4.69, 9.17) is 4.74 Å². The van der Waals surface area contributed by atoms with E-state index in [9.17, 15) is 9.59 Å². The van der Waals surface area contributed by atoms with Crippen molar-refractivity contribution in [3.63, 3.8) is 0 Å². The number of nitrogens with zero attached hydrogens (tertiary/aromatic N) is 1. The summed E-state index contributed by atoms with van der Waals surface area (Å²) in [7, 11) is 1.56. The van der Waals surface area contributed by atoms with Crippen LogP contribution in [0, 0.1) is 0 Å². The number of hydrogen-bond acceptors (Lipinski definition) is 4. The van der Waals surface area contributed by atoms with Gasteiger partial charge < -0.3 is 4.74 Å². The fourth-order valence-corrected chi connectivity index (χ4v) is 5.70. The van der Waals surface area contributed by atoms with Crippen molar-refractivity contribution in [3.05, 3.63) is 90.5 Å². The third kappa shape index (κ3) is 4.48. The highest BCUT2D eigenvalue weighted by atomic mass is 32.2. The Bertz CT molecular complexity index is 966. The molecular weight excluding hydrogens is 394 g/mol. The molecule has 1 unspecified atom stereocenters. The Kier molecular flexibility index (Phi) is 6.31. The Morgan fingerprint density at radius 1 is 0.900 bits per heavy atom. The molecule has 30 heavy (non-hydrogen) atoms. The van der Waals surface area contributed by atoms with Gasteiger partial charge in [-0.2, -0.15) is 0 Å².